The topological polar surface area (TPSA) is 89.6 Å². The van der Waals surface area contributed by atoms with Crippen molar-refractivity contribution in [3.05, 3.63) is 12.2 Å². The molecule has 0 fully saturated rings. The minimum atomic E-state index is -1.01. The molecule has 5 nitrogen and oxygen atoms in total. The molecule has 3 N–H and O–H groups in total. The van der Waals surface area contributed by atoms with E-state index in [2.05, 4.69) is 0 Å². The van der Waals surface area contributed by atoms with E-state index in [9.17, 15) is 9.59 Å². The number of aliphatic carboxylic acids is 1. The average Bonchev–Trinajstić information content (AvgIpc) is 2.15. The number of carboxylic acids is 1. The van der Waals surface area contributed by atoms with Crippen LogP contribution in [-0.4, -0.2) is 29.7 Å². The molecule has 0 saturated heterocycles. The smallest absolute Gasteiger partial charge is 0.327 e. The fraction of sp³-hybridized carbons (Fsp3) is 0.600. The Bertz CT molecular complexity index is 248. The van der Waals surface area contributed by atoms with Crippen molar-refractivity contribution < 1.29 is 19.4 Å². The summed E-state index contributed by atoms with van der Waals surface area (Å²) in [6, 6.07) is -0.617. The van der Waals surface area contributed by atoms with Gasteiger partial charge in [-0.2, -0.15) is 0 Å². The molecular weight excluding hydrogens is 198 g/mol. The summed E-state index contributed by atoms with van der Waals surface area (Å²) in [6.45, 7) is 3.82. The molecule has 0 amide bonds. The molecule has 0 aliphatic carbocycles. The highest BCUT2D eigenvalue weighted by Crippen LogP contribution is 2.00. The van der Waals surface area contributed by atoms with Gasteiger partial charge in [0, 0.05) is 12.5 Å². The first-order valence-corrected chi connectivity index (χ1v) is 4.76. The number of esters is 1. The van der Waals surface area contributed by atoms with Crippen molar-refractivity contribution in [1.29, 1.82) is 0 Å². The van der Waals surface area contributed by atoms with Crippen LogP contribution >= 0.6 is 0 Å². The Kier molecular flexibility index (Phi) is 6.37. The van der Waals surface area contributed by atoms with Crippen LogP contribution < -0.4 is 5.73 Å². The van der Waals surface area contributed by atoms with Gasteiger partial charge in [0.25, 0.3) is 0 Å². The molecule has 5 heteroatoms. The minimum absolute atomic E-state index is 0.0343. The Morgan fingerprint density at radius 3 is 2.53 bits per heavy atom. The van der Waals surface area contributed by atoms with Crippen LogP contribution in [0.1, 0.15) is 20.3 Å². The first kappa shape index (κ1) is 13.6. The van der Waals surface area contributed by atoms with Crippen molar-refractivity contribution >= 4 is 11.9 Å². The molecule has 1 atom stereocenters. The zero-order valence-corrected chi connectivity index (χ0v) is 8.97. The van der Waals surface area contributed by atoms with E-state index in [4.69, 9.17) is 15.6 Å². The summed E-state index contributed by atoms with van der Waals surface area (Å²) in [5, 5.41) is 8.27. The fourth-order valence-electron chi connectivity index (χ4n) is 0.780. The second-order valence-electron chi connectivity index (χ2n) is 3.47. The van der Waals surface area contributed by atoms with Crippen LogP contribution in [0.3, 0.4) is 0 Å². The van der Waals surface area contributed by atoms with Gasteiger partial charge in [0.2, 0.25) is 0 Å². The van der Waals surface area contributed by atoms with Crippen molar-refractivity contribution in [2.45, 2.75) is 26.3 Å². The highest BCUT2D eigenvalue weighted by molar-refractivity contribution is 5.79. The van der Waals surface area contributed by atoms with Crippen molar-refractivity contribution in [3.8, 4) is 0 Å². The second kappa shape index (κ2) is 7.00. The molecule has 0 aliphatic heterocycles. The number of nitrogens with two attached hydrogens (primary N) is 1. The van der Waals surface area contributed by atoms with E-state index in [1.54, 1.807) is 0 Å². The third-order valence-corrected chi connectivity index (χ3v) is 1.78. The lowest BCUT2D eigenvalue weighted by Gasteiger charge is -2.13. The molecule has 0 rings (SSSR count). The Morgan fingerprint density at radius 1 is 1.47 bits per heavy atom. The highest BCUT2D eigenvalue weighted by Gasteiger charge is 2.17. The summed E-state index contributed by atoms with van der Waals surface area (Å²) in [5.41, 5.74) is 5.54. The first-order chi connectivity index (χ1) is 6.95. The standard InChI is InChI=1S/C10H17NO4/c1-7(2)9(11)10(14)15-6-4-3-5-8(12)13/h3,5,7,9H,4,6,11H2,1-2H3,(H,12,13)/b5-3-/t9-/m0/s1. The van der Waals surface area contributed by atoms with Gasteiger partial charge in [0.15, 0.2) is 0 Å². The third-order valence-electron chi connectivity index (χ3n) is 1.78. The van der Waals surface area contributed by atoms with E-state index in [-0.39, 0.29) is 12.5 Å². The van der Waals surface area contributed by atoms with Gasteiger partial charge in [-0.1, -0.05) is 19.9 Å². The molecule has 0 bridgehead atoms. The SMILES string of the molecule is CC(C)[C@H](N)C(=O)OCC/C=C\C(=O)O. The molecule has 0 aromatic rings. The maximum absolute atomic E-state index is 11.2. The van der Waals surface area contributed by atoms with E-state index in [1.165, 1.54) is 6.08 Å². The van der Waals surface area contributed by atoms with Gasteiger partial charge < -0.3 is 15.6 Å². The summed E-state index contributed by atoms with van der Waals surface area (Å²) in [5.74, 6) is -1.43. The normalized spacial score (nSPS) is 13.1. The van der Waals surface area contributed by atoms with E-state index < -0.39 is 18.0 Å². The van der Waals surface area contributed by atoms with Crippen LogP contribution in [0.15, 0.2) is 12.2 Å². The van der Waals surface area contributed by atoms with Gasteiger partial charge >= 0.3 is 11.9 Å². The summed E-state index contributed by atoms with van der Waals surface area (Å²) in [7, 11) is 0. The van der Waals surface area contributed by atoms with E-state index >= 15 is 0 Å². The first-order valence-electron chi connectivity index (χ1n) is 4.76. The van der Waals surface area contributed by atoms with Gasteiger partial charge in [-0.3, -0.25) is 4.79 Å². The number of carboxylic acid groups (broad SMARTS) is 1. The molecule has 0 radical (unpaired) electrons. The van der Waals surface area contributed by atoms with Gasteiger partial charge in [-0.25, -0.2) is 4.79 Å². The zero-order chi connectivity index (χ0) is 11.8. The van der Waals surface area contributed by atoms with Crippen LogP contribution in [-0.2, 0) is 14.3 Å². The molecule has 0 saturated carbocycles. The van der Waals surface area contributed by atoms with Crippen LogP contribution in [0.25, 0.3) is 0 Å². The molecule has 0 aromatic heterocycles. The number of hydrogen-bond donors (Lipinski definition) is 2. The predicted molar refractivity (Wildman–Crippen MR) is 55.2 cm³/mol. The molecule has 0 spiro atoms. The number of carbonyl (C=O) groups is 2. The zero-order valence-electron chi connectivity index (χ0n) is 8.97. The van der Waals surface area contributed by atoms with Crippen molar-refractivity contribution in [2.24, 2.45) is 11.7 Å². The number of rotatable bonds is 6. The summed E-state index contributed by atoms with van der Waals surface area (Å²) >= 11 is 0. The van der Waals surface area contributed by atoms with Crippen molar-refractivity contribution in [2.75, 3.05) is 6.61 Å². The predicted octanol–water partition coefficient (Wildman–Crippen LogP) is 0.544. The molecule has 0 unspecified atom stereocenters. The van der Waals surface area contributed by atoms with Crippen molar-refractivity contribution in [1.82, 2.24) is 0 Å². The van der Waals surface area contributed by atoms with Gasteiger partial charge in [-0.15, -0.1) is 0 Å². The van der Waals surface area contributed by atoms with E-state index in [0.717, 1.165) is 6.08 Å². The monoisotopic (exact) mass is 215 g/mol. The Hall–Kier alpha value is -1.36. The molecule has 86 valence electrons. The lowest BCUT2D eigenvalue weighted by Crippen LogP contribution is -2.37. The highest BCUT2D eigenvalue weighted by atomic mass is 16.5. The summed E-state index contributed by atoms with van der Waals surface area (Å²) in [6.07, 6.45) is 2.82. The maximum Gasteiger partial charge on any atom is 0.327 e. The maximum atomic E-state index is 11.2. The Morgan fingerprint density at radius 2 is 2.07 bits per heavy atom. The summed E-state index contributed by atoms with van der Waals surface area (Å²) in [4.78, 5) is 21.3. The van der Waals surface area contributed by atoms with Gasteiger partial charge in [0.05, 0.1) is 6.61 Å². The van der Waals surface area contributed by atoms with E-state index in [0.29, 0.717) is 6.42 Å². The van der Waals surface area contributed by atoms with Crippen LogP contribution in [0.5, 0.6) is 0 Å². The summed E-state index contributed by atoms with van der Waals surface area (Å²) < 4.78 is 4.84. The lowest BCUT2D eigenvalue weighted by molar-refractivity contribution is -0.146. The quantitative estimate of drug-likeness (QED) is 0.383. The van der Waals surface area contributed by atoms with Crippen LogP contribution in [0.2, 0.25) is 0 Å². The largest absolute Gasteiger partial charge is 0.478 e. The average molecular weight is 215 g/mol. The number of carbonyl (C=O) groups excluding carboxylic acids is 1. The number of hydrogen-bond acceptors (Lipinski definition) is 4. The molecule has 0 aliphatic rings. The van der Waals surface area contributed by atoms with E-state index in [1.807, 2.05) is 13.8 Å². The van der Waals surface area contributed by atoms with Gasteiger partial charge in [-0.05, 0) is 5.92 Å². The molecule has 15 heavy (non-hydrogen) atoms. The fourth-order valence-corrected chi connectivity index (χ4v) is 0.780. The third kappa shape index (κ3) is 6.68. The van der Waals surface area contributed by atoms with Crippen LogP contribution in [0.4, 0.5) is 0 Å². The minimum Gasteiger partial charge on any atom is -0.478 e. The second-order valence-corrected chi connectivity index (χ2v) is 3.47. The van der Waals surface area contributed by atoms with Gasteiger partial charge in [0.1, 0.15) is 6.04 Å². The van der Waals surface area contributed by atoms with Crippen molar-refractivity contribution in [3.63, 3.8) is 0 Å². The number of ether oxygens (including phenoxy) is 1. The lowest BCUT2D eigenvalue weighted by atomic mass is 10.1. The molecular formula is C10H17NO4. The van der Waals surface area contributed by atoms with Crippen LogP contribution in [0, 0.1) is 5.92 Å². The molecule has 0 aromatic carbocycles. The molecule has 0 heterocycles. The Labute approximate surface area is 88.9 Å². The Balaban J connectivity index is 3.69.